The number of rotatable bonds is 2. The fourth-order valence-corrected chi connectivity index (χ4v) is 5.03. The van der Waals surface area contributed by atoms with E-state index in [1.807, 2.05) is 18.3 Å². The molecular formula is C19H16N2OSe. The van der Waals surface area contributed by atoms with Gasteiger partial charge in [-0.05, 0) is 0 Å². The van der Waals surface area contributed by atoms with Gasteiger partial charge >= 0.3 is 141 Å². The summed E-state index contributed by atoms with van der Waals surface area (Å²) in [5, 5.41) is 0. The standard InChI is InChI=1S/C19H16N2OSe/c1-19(2)14-6-3-4-8-16(14)21(17-10-9-13(12-22)23-17)18-15(19)7-5-11-20-18/h3-12H,1-2H3. The average Bonchev–Trinajstić information content (AvgIpc) is 3.04. The van der Waals surface area contributed by atoms with Crippen LogP contribution in [0.25, 0.3) is 0 Å². The minimum absolute atomic E-state index is 0.0190. The predicted molar refractivity (Wildman–Crippen MR) is 93.4 cm³/mol. The number of hydrogen-bond acceptors (Lipinski definition) is 3. The fraction of sp³-hybridized carbons (Fsp3) is 0.158. The fourth-order valence-electron chi connectivity index (χ4n) is 3.27. The van der Waals surface area contributed by atoms with Gasteiger partial charge in [-0.2, -0.15) is 0 Å². The topological polar surface area (TPSA) is 33.2 Å². The number of fused-ring (bicyclic) bond motifs is 2. The number of aromatic nitrogens is 1. The Labute approximate surface area is 141 Å². The van der Waals surface area contributed by atoms with Crippen molar-refractivity contribution in [3.05, 3.63) is 70.3 Å². The van der Waals surface area contributed by atoms with Gasteiger partial charge in [-0.3, -0.25) is 0 Å². The van der Waals surface area contributed by atoms with Crippen molar-refractivity contribution in [1.29, 1.82) is 0 Å². The number of aldehydes is 1. The van der Waals surface area contributed by atoms with Gasteiger partial charge in [0.05, 0.1) is 0 Å². The molecule has 0 unspecified atom stereocenters. The van der Waals surface area contributed by atoms with E-state index in [0.29, 0.717) is 0 Å². The quantitative estimate of drug-likeness (QED) is 0.506. The molecule has 3 nitrogen and oxygen atoms in total. The van der Waals surface area contributed by atoms with Gasteiger partial charge < -0.3 is 0 Å². The summed E-state index contributed by atoms with van der Waals surface area (Å²) in [6.07, 6.45) is 2.80. The van der Waals surface area contributed by atoms with Gasteiger partial charge in [0.1, 0.15) is 0 Å². The number of benzene rings is 1. The van der Waals surface area contributed by atoms with Crippen LogP contribution in [0.1, 0.15) is 34.2 Å². The Kier molecular flexibility index (Phi) is 3.26. The monoisotopic (exact) mass is 368 g/mol. The van der Waals surface area contributed by atoms with Crippen molar-refractivity contribution in [3.8, 4) is 0 Å². The molecule has 0 amide bonds. The third-order valence-electron chi connectivity index (χ3n) is 4.44. The number of anilines is 3. The summed E-state index contributed by atoms with van der Waals surface area (Å²) < 4.78 is 2.02. The van der Waals surface area contributed by atoms with E-state index in [1.54, 1.807) is 0 Å². The molecule has 0 saturated carbocycles. The maximum absolute atomic E-state index is 11.1. The Morgan fingerprint density at radius 1 is 1.04 bits per heavy atom. The molecule has 0 bridgehead atoms. The van der Waals surface area contributed by atoms with E-state index in [2.05, 4.69) is 60.1 Å². The Hall–Kier alpha value is -2.16. The summed E-state index contributed by atoms with van der Waals surface area (Å²) in [7, 11) is 0. The van der Waals surface area contributed by atoms with Crippen LogP contribution in [-0.4, -0.2) is 25.8 Å². The summed E-state index contributed by atoms with van der Waals surface area (Å²) in [4.78, 5) is 18.0. The Morgan fingerprint density at radius 2 is 1.83 bits per heavy atom. The zero-order valence-corrected chi connectivity index (χ0v) is 14.7. The number of hydrogen-bond donors (Lipinski definition) is 0. The summed E-state index contributed by atoms with van der Waals surface area (Å²) in [6.45, 7) is 4.49. The molecule has 0 spiro atoms. The first-order valence-corrected chi connectivity index (χ1v) is 9.24. The summed E-state index contributed by atoms with van der Waals surface area (Å²) in [6, 6.07) is 16.6. The molecule has 3 heterocycles. The molecule has 1 aliphatic rings. The number of pyridine rings is 1. The van der Waals surface area contributed by atoms with Crippen LogP contribution in [0.5, 0.6) is 0 Å². The number of para-hydroxylation sites is 1. The first kappa shape index (κ1) is 14.4. The first-order chi connectivity index (χ1) is 11.1. The van der Waals surface area contributed by atoms with Crippen LogP contribution in [0.15, 0.2) is 54.7 Å². The van der Waals surface area contributed by atoms with Gasteiger partial charge in [-0.25, -0.2) is 0 Å². The van der Waals surface area contributed by atoms with E-state index in [9.17, 15) is 4.79 Å². The predicted octanol–water partition coefficient (Wildman–Crippen LogP) is 4.06. The molecule has 4 heteroatoms. The van der Waals surface area contributed by atoms with Crippen LogP contribution in [0, 0.1) is 0 Å². The van der Waals surface area contributed by atoms with Gasteiger partial charge in [0.25, 0.3) is 0 Å². The van der Waals surface area contributed by atoms with Crippen LogP contribution in [0.3, 0.4) is 0 Å². The normalized spacial score (nSPS) is 15.0. The Morgan fingerprint density at radius 3 is 2.61 bits per heavy atom. The third-order valence-corrected chi connectivity index (χ3v) is 6.53. The van der Waals surface area contributed by atoms with Gasteiger partial charge in [-0.15, -0.1) is 0 Å². The van der Waals surface area contributed by atoms with Crippen LogP contribution in [-0.2, 0) is 5.41 Å². The van der Waals surface area contributed by atoms with Crippen LogP contribution in [0.4, 0.5) is 16.1 Å². The molecule has 0 atom stereocenters. The molecule has 23 heavy (non-hydrogen) atoms. The molecule has 0 saturated heterocycles. The number of carbonyl (C=O) groups is 1. The zero-order chi connectivity index (χ0) is 16.0. The van der Waals surface area contributed by atoms with Crippen molar-refractivity contribution in [3.63, 3.8) is 0 Å². The molecule has 4 rings (SSSR count). The van der Waals surface area contributed by atoms with Crippen molar-refractivity contribution in [1.82, 2.24) is 4.98 Å². The Bertz CT molecular complexity index is 848. The second kappa shape index (κ2) is 5.19. The zero-order valence-electron chi connectivity index (χ0n) is 13.0. The van der Waals surface area contributed by atoms with E-state index < -0.39 is 0 Å². The number of nitrogens with zero attached hydrogens (tertiary/aromatic N) is 2. The van der Waals surface area contributed by atoms with Crippen LogP contribution < -0.4 is 4.90 Å². The van der Waals surface area contributed by atoms with Crippen LogP contribution in [0.2, 0.25) is 0 Å². The van der Waals surface area contributed by atoms with Gasteiger partial charge in [0.2, 0.25) is 0 Å². The second-order valence-corrected chi connectivity index (χ2v) is 8.44. The van der Waals surface area contributed by atoms with Gasteiger partial charge in [0, 0.05) is 0 Å². The number of carbonyl (C=O) groups excluding carboxylic acids is 1. The van der Waals surface area contributed by atoms with E-state index in [4.69, 9.17) is 0 Å². The summed E-state index contributed by atoms with van der Waals surface area (Å²) >= 11 is 0.0190. The molecule has 1 aliphatic heterocycles. The van der Waals surface area contributed by atoms with E-state index in [-0.39, 0.29) is 19.9 Å². The molecular weight excluding hydrogens is 351 g/mol. The van der Waals surface area contributed by atoms with Crippen molar-refractivity contribution >= 4 is 36.9 Å². The third kappa shape index (κ3) is 2.10. The molecule has 1 aromatic carbocycles. The molecule has 0 radical (unpaired) electrons. The molecule has 0 fully saturated rings. The molecule has 3 aromatic rings. The summed E-state index contributed by atoms with van der Waals surface area (Å²) in [5.74, 6) is 0.977. The molecule has 0 N–H and O–H groups in total. The van der Waals surface area contributed by atoms with Crippen molar-refractivity contribution in [2.24, 2.45) is 0 Å². The van der Waals surface area contributed by atoms with Crippen molar-refractivity contribution < 1.29 is 4.79 Å². The first-order valence-electron chi connectivity index (χ1n) is 7.53. The molecule has 114 valence electrons. The van der Waals surface area contributed by atoms with Gasteiger partial charge in [-0.1, -0.05) is 0 Å². The SMILES string of the molecule is CC1(C)c2ccccc2N(c2ccc(C=O)[se]2)c2ncccc21. The van der Waals surface area contributed by atoms with Crippen molar-refractivity contribution in [2.45, 2.75) is 19.3 Å². The molecule has 0 aliphatic carbocycles. The van der Waals surface area contributed by atoms with E-state index >= 15 is 0 Å². The van der Waals surface area contributed by atoms with E-state index in [1.165, 1.54) is 11.1 Å². The average molecular weight is 367 g/mol. The van der Waals surface area contributed by atoms with Crippen molar-refractivity contribution in [2.75, 3.05) is 4.90 Å². The summed E-state index contributed by atoms with van der Waals surface area (Å²) in [5.41, 5.74) is 3.58. The second-order valence-electron chi connectivity index (χ2n) is 6.15. The van der Waals surface area contributed by atoms with E-state index in [0.717, 1.165) is 26.8 Å². The molecule has 2 aromatic heterocycles. The maximum atomic E-state index is 11.1. The Balaban J connectivity index is 2.02. The van der Waals surface area contributed by atoms with Gasteiger partial charge in [0.15, 0.2) is 0 Å². The minimum atomic E-state index is -0.0935. The van der Waals surface area contributed by atoms with Crippen LogP contribution >= 0.6 is 0 Å².